The number of nitrogens with one attached hydrogen (secondary N) is 1. The molecule has 4 aliphatic rings. The topological polar surface area (TPSA) is 122 Å². The number of nitrogens with zero attached hydrogens (tertiary/aromatic N) is 4. The van der Waals surface area contributed by atoms with Crippen molar-refractivity contribution < 1.29 is 19.1 Å². The Bertz CT molecular complexity index is 1550. The number of ether oxygens (including phenoxy) is 2. The maximum atomic E-state index is 12.8. The van der Waals surface area contributed by atoms with E-state index in [4.69, 9.17) is 38.4 Å². The summed E-state index contributed by atoms with van der Waals surface area (Å²) in [4.78, 5) is 29.6. The van der Waals surface area contributed by atoms with Gasteiger partial charge in [-0.1, -0.05) is 47.5 Å². The van der Waals surface area contributed by atoms with E-state index in [-0.39, 0.29) is 17.4 Å². The highest BCUT2D eigenvalue weighted by Gasteiger charge is 2.45. The van der Waals surface area contributed by atoms with Gasteiger partial charge in [-0.05, 0) is 114 Å². The number of likely N-dealkylation sites (tertiary alicyclic amines) is 2. The van der Waals surface area contributed by atoms with Crippen molar-refractivity contribution in [3.63, 3.8) is 0 Å². The fraction of sp³-hybridized carbons (Fsp3) is 0.600. The number of halogens is 2. The average Bonchev–Trinajstić information content (AvgIpc) is 3.58. The first-order chi connectivity index (χ1) is 24.9. The van der Waals surface area contributed by atoms with Gasteiger partial charge in [-0.25, -0.2) is 0 Å². The first-order valence-electron chi connectivity index (χ1n) is 18.9. The van der Waals surface area contributed by atoms with Gasteiger partial charge >= 0.3 is 11.9 Å². The summed E-state index contributed by atoms with van der Waals surface area (Å²) in [5.74, 6) is 1.41. The Kier molecular flexibility index (Phi) is 14.0. The molecule has 3 N–H and O–H groups in total. The van der Waals surface area contributed by atoms with Crippen molar-refractivity contribution in [2.24, 2.45) is 26.8 Å². The third-order valence-electron chi connectivity index (χ3n) is 11.1. The van der Waals surface area contributed by atoms with Crippen LogP contribution in [-0.2, 0) is 31.9 Å². The molecular formula is C40H56Cl2N6O4. The van der Waals surface area contributed by atoms with Crippen molar-refractivity contribution in [1.82, 2.24) is 15.1 Å². The SMILES string of the molecule is CCOC(=O)C1(C)CCC(Cc2ccc(Cl)cc2)N(C2CCN(C3=NN=C(N)C3)CC2)C1.CCOC(=O)C1(C)CCC(Cc2ccc(Cl)cc2)NC1. The minimum Gasteiger partial charge on any atom is -0.466 e. The lowest BCUT2D eigenvalue weighted by Crippen LogP contribution is -2.58. The molecule has 6 rings (SSSR count). The zero-order chi connectivity index (χ0) is 37.3. The van der Waals surface area contributed by atoms with Crippen molar-refractivity contribution in [3.8, 4) is 0 Å². The summed E-state index contributed by atoms with van der Waals surface area (Å²) in [6.45, 7) is 11.9. The molecule has 3 saturated heterocycles. The van der Waals surface area contributed by atoms with Gasteiger partial charge < -0.3 is 25.4 Å². The highest BCUT2D eigenvalue weighted by molar-refractivity contribution is 6.30. The van der Waals surface area contributed by atoms with Gasteiger partial charge in [-0.15, -0.1) is 10.2 Å². The molecule has 0 aliphatic carbocycles. The Labute approximate surface area is 319 Å². The average molecular weight is 756 g/mol. The van der Waals surface area contributed by atoms with Gasteiger partial charge in [-0.3, -0.25) is 14.5 Å². The summed E-state index contributed by atoms with van der Waals surface area (Å²) in [7, 11) is 0. The minimum absolute atomic E-state index is 0.0692. The normalized spacial score (nSPS) is 26.8. The summed E-state index contributed by atoms with van der Waals surface area (Å²) < 4.78 is 10.6. The van der Waals surface area contributed by atoms with E-state index >= 15 is 0 Å². The molecule has 4 unspecified atom stereocenters. The minimum atomic E-state index is -0.457. The maximum Gasteiger partial charge on any atom is 0.313 e. The molecule has 2 aromatic carbocycles. The molecule has 0 saturated carbocycles. The van der Waals surface area contributed by atoms with Crippen LogP contribution < -0.4 is 11.1 Å². The Morgan fingerprint density at radius 2 is 1.38 bits per heavy atom. The first-order valence-corrected chi connectivity index (χ1v) is 19.6. The van der Waals surface area contributed by atoms with Crippen molar-refractivity contribution in [1.29, 1.82) is 0 Å². The Morgan fingerprint density at radius 3 is 1.90 bits per heavy atom. The molecular weight excluding hydrogens is 699 g/mol. The van der Waals surface area contributed by atoms with Gasteiger partial charge in [-0.2, -0.15) is 0 Å². The molecule has 0 aromatic heterocycles. The summed E-state index contributed by atoms with van der Waals surface area (Å²) in [6, 6.07) is 17.4. The number of benzene rings is 2. The summed E-state index contributed by atoms with van der Waals surface area (Å²) >= 11 is 12.0. The van der Waals surface area contributed by atoms with E-state index in [0.29, 0.717) is 50.1 Å². The lowest BCUT2D eigenvalue weighted by molar-refractivity contribution is -0.160. The molecule has 2 aromatic rings. The number of esters is 2. The smallest absolute Gasteiger partial charge is 0.313 e. The van der Waals surface area contributed by atoms with Crippen molar-refractivity contribution >= 4 is 46.8 Å². The molecule has 10 nitrogen and oxygen atoms in total. The van der Waals surface area contributed by atoms with Crippen molar-refractivity contribution in [3.05, 3.63) is 69.7 Å². The second-order valence-electron chi connectivity index (χ2n) is 15.2. The molecule has 4 heterocycles. The van der Waals surface area contributed by atoms with Gasteiger partial charge in [0.2, 0.25) is 0 Å². The molecule has 0 radical (unpaired) electrons. The van der Waals surface area contributed by atoms with E-state index < -0.39 is 5.41 Å². The van der Waals surface area contributed by atoms with Gasteiger partial charge in [0.25, 0.3) is 0 Å². The molecule has 4 aliphatic heterocycles. The second-order valence-corrected chi connectivity index (χ2v) is 16.1. The predicted molar refractivity (Wildman–Crippen MR) is 209 cm³/mol. The van der Waals surface area contributed by atoms with E-state index in [1.807, 2.05) is 45.0 Å². The lowest BCUT2D eigenvalue weighted by atomic mass is 9.77. The lowest BCUT2D eigenvalue weighted by Gasteiger charge is -2.49. The monoisotopic (exact) mass is 754 g/mol. The number of piperidine rings is 3. The van der Waals surface area contributed by atoms with E-state index in [9.17, 15) is 9.59 Å². The largest absolute Gasteiger partial charge is 0.466 e. The molecule has 284 valence electrons. The predicted octanol–water partition coefficient (Wildman–Crippen LogP) is 6.66. The van der Waals surface area contributed by atoms with Crippen LogP contribution in [0.5, 0.6) is 0 Å². The van der Waals surface area contributed by atoms with Gasteiger partial charge in [0.15, 0.2) is 0 Å². The van der Waals surface area contributed by atoms with Crippen molar-refractivity contribution in [2.45, 2.75) is 104 Å². The van der Waals surface area contributed by atoms with Crippen molar-refractivity contribution in [2.75, 3.05) is 39.4 Å². The standard InChI is InChI=1S/C24H34ClN5O2.C16H22ClNO2/c1-3-32-23(31)24(2)11-8-20(14-17-4-6-18(25)7-5-17)30(16-24)19-9-12-29(13-10-19)22-15-21(26)27-28-22;1-3-20-15(19)16(2)9-8-14(18-11-16)10-12-4-6-13(17)7-5-12/h4-7,19-20H,3,8-16H2,1-2H3,(H2,26,27);4-7,14,18H,3,8-11H2,1-2H3. The maximum absolute atomic E-state index is 12.8. The second kappa shape index (κ2) is 18.2. The number of rotatable bonds is 9. The van der Waals surface area contributed by atoms with Crippen LogP contribution in [0.15, 0.2) is 58.7 Å². The first kappa shape index (κ1) is 40.0. The van der Waals surface area contributed by atoms with E-state index in [0.717, 1.165) is 86.9 Å². The molecule has 0 spiro atoms. The quantitative estimate of drug-likeness (QED) is 0.273. The fourth-order valence-corrected chi connectivity index (χ4v) is 8.12. The molecule has 0 bridgehead atoms. The number of hydrogen-bond acceptors (Lipinski definition) is 10. The highest BCUT2D eigenvalue weighted by Crippen LogP contribution is 2.38. The van der Waals surface area contributed by atoms with Crippen LogP contribution in [0.1, 0.15) is 83.8 Å². The van der Waals surface area contributed by atoms with E-state index in [2.05, 4.69) is 56.5 Å². The van der Waals surface area contributed by atoms with Crippen LogP contribution in [0.25, 0.3) is 0 Å². The number of carbonyl (C=O) groups excluding carboxylic acids is 2. The third kappa shape index (κ3) is 10.5. The third-order valence-corrected chi connectivity index (χ3v) is 11.6. The van der Waals surface area contributed by atoms with E-state index in [1.165, 1.54) is 11.1 Å². The highest BCUT2D eigenvalue weighted by atomic mass is 35.5. The summed E-state index contributed by atoms with van der Waals surface area (Å²) in [6.07, 6.45) is 8.35. The van der Waals surface area contributed by atoms with Gasteiger partial charge in [0.05, 0.1) is 30.5 Å². The summed E-state index contributed by atoms with van der Waals surface area (Å²) in [5, 5.41) is 13.2. The van der Waals surface area contributed by atoms with Crippen LogP contribution >= 0.6 is 23.2 Å². The van der Waals surface area contributed by atoms with Gasteiger partial charge in [0, 0.05) is 54.3 Å². The number of nitrogens with two attached hydrogens (primary N) is 1. The zero-order valence-corrected chi connectivity index (χ0v) is 32.7. The molecule has 12 heteroatoms. The van der Waals surface area contributed by atoms with Crippen LogP contribution in [-0.4, -0.2) is 90.9 Å². The Balaban J connectivity index is 0.000000225. The Morgan fingerprint density at radius 1 is 0.827 bits per heavy atom. The van der Waals surface area contributed by atoms with E-state index in [1.54, 1.807) is 0 Å². The molecule has 52 heavy (non-hydrogen) atoms. The van der Waals surface area contributed by atoms with Crippen LogP contribution in [0.3, 0.4) is 0 Å². The number of hydrogen-bond donors (Lipinski definition) is 2. The molecule has 4 atom stereocenters. The number of amidine groups is 2. The Hall–Kier alpha value is -3.18. The summed E-state index contributed by atoms with van der Waals surface area (Å²) in [5.41, 5.74) is 7.53. The van der Waals surface area contributed by atoms with Crippen LogP contribution in [0, 0.1) is 10.8 Å². The van der Waals surface area contributed by atoms with Crippen LogP contribution in [0.2, 0.25) is 10.0 Å². The molecule has 0 amide bonds. The van der Waals surface area contributed by atoms with Gasteiger partial charge in [0.1, 0.15) is 11.7 Å². The molecule has 3 fully saturated rings. The zero-order valence-electron chi connectivity index (χ0n) is 31.2. The fourth-order valence-electron chi connectivity index (χ4n) is 7.87. The van der Waals surface area contributed by atoms with Crippen LogP contribution in [0.4, 0.5) is 0 Å². The number of carbonyl (C=O) groups is 2.